The van der Waals surface area contributed by atoms with Crippen molar-refractivity contribution in [3.63, 3.8) is 0 Å². The number of anilines is 1. The van der Waals surface area contributed by atoms with E-state index in [1.165, 1.54) is 13.3 Å². The number of carbonyl (C=O) groups is 1. The topological polar surface area (TPSA) is 111 Å². The van der Waals surface area contributed by atoms with Gasteiger partial charge in [0.15, 0.2) is 0 Å². The number of pyridine rings is 1. The maximum absolute atomic E-state index is 13.5. The third kappa shape index (κ3) is 5.78. The average Bonchev–Trinajstić information content (AvgIpc) is 3.24. The van der Waals surface area contributed by atoms with Gasteiger partial charge >= 0.3 is 5.97 Å². The maximum Gasteiger partial charge on any atom is 0.303 e. The first-order chi connectivity index (χ1) is 18.2. The Labute approximate surface area is 221 Å². The number of hydrogen-bond donors (Lipinski definition) is 2. The molecule has 0 fully saturated rings. The second-order valence-electron chi connectivity index (χ2n) is 8.66. The second kappa shape index (κ2) is 11.4. The van der Waals surface area contributed by atoms with Crippen molar-refractivity contribution in [3.05, 3.63) is 101 Å². The average molecular weight is 532 g/mol. The van der Waals surface area contributed by atoms with Gasteiger partial charge in [-0.05, 0) is 73.0 Å². The molecular formula is C29H29N3O5S. The number of carboxylic acid groups (broad SMARTS) is 1. The fourth-order valence-corrected chi connectivity index (χ4v) is 5.47. The highest BCUT2D eigenvalue weighted by atomic mass is 32.2. The van der Waals surface area contributed by atoms with Crippen molar-refractivity contribution in [1.82, 2.24) is 8.96 Å². The van der Waals surface area contributed by atoms with Gasteiger partial charge in [-0.1, -0.05) is 24.8 Å². The molecule has 38 heavy (non-hydrogen) atoms. The van der Waals surface area contributed by atoms with Crippen molar-refractivity contribution in [3.8, 4) is 0 Å². The van der Waals surface area contributed by atoms with Crippen LogP contribution in [0.4, 0.5) is 5.69 Å². The van der Waals surface area contributed by atoms with Gasteiger partial charge in [-0.3, -0.25) is 9.78 Å². The molecule has 0 aliphatic heterocycles. The molecule has 0 saturated heterocycles. The highest BCUT2D eigenvalue weighted by molar-refractivity contribution is 7.90. The van der Waals surface area contributed by atoms with E-state index in [1.54, 1.807) is 49.5 Å². The van der Waals surface area contributed by atoms with Gasteiger partial charge < -0.3 is 15.2 Å². The van der Waals surface area contributed by atoms with Crippen LogP contribution in [-0.4, -0.2) is 35.6 Å². The normalized spacial score (nSPS) is 12.6. The minimum absolute atomic E-state index is 0.104. The highest BCUT2D eigenvalue weighted by Crippen LogP contribution is 2.19. The predicted octanol–water partition coefficient (Wildman–Crippen LogP) is 3.64. The summed E-state index contributed by atoms with van der Waals surface area (Å²) >= 11 is 0. The molecule has 0 aliphatic rings. The zero-order valence-corrected chi connectivity index (χ0v) is 22.0. The first-order valence-electron chi connectivity index (χ1n) is 12.0. The predicted molar refractivity (Wildman–Crippen MR) is 148 cm³/mol. The monoisotopic (exact) mass is 531 g/mol. The summed E-state index contributed by atoms with van der Waals surface area (Å²) in [6.45, 7) is 6.29. The number of aliphatic carboxylic acids is 1. The number of ether oxygens (including phenoxy) is 1. The molecule has 4 aromatic rings. The summed E-state index contributed by atoms with van der Waals surface area (Å²) < 4.78 is 33.5. The third-order valence-corrected chi connectivity index (χ3v) is 7.90. The first kappa shape index (κ1) is 26.7. The van der Waals surface area contributed by atoms with Crippen LogP contribution in [0.2, 0.25) is 0 Å². The standard InChI is InChI=1S/C29H29N3O5S/c1-4-25(37-3)17-27-20(2)32(19-23(27)9-14-29(33)34)38(35,36)26-11-7-21(8-12-26)18-31-24-10-13-28-22(16-24)6-5-15-30-28/h4-8,10-13,15-17,19,31H,2,9,14,18H2,1,3H3,(H,33,34)/b25-4+,27-17+. The Morgan fingerprint density at radius 2 is 1.95 bits per heavy atom. The van der Waals surface area contributed by atoms with Gasteiger partial charge in [0.1, 0.15) is 5.76 Å². The Morgan fingerprint density at radius 1 is 1.18 bits per heavy atom. The molecule has 196 valence electrons. The van der Waals surface area contributed by atoms with Crippen molar-refractivity contribution in [2.45, 2.75) is 31.2 Å². The van der Waals surface area contributed by atoms with Crippen LogP contribution in [0.1, 0.15) is 24.5 Å². The number of hydrogen-bond acceptors (Lipinski definition) is 6. The summed E-state index contributed by atoms with van der Waals surface area (Å²) in [7, 11) is -2.46. The first-order valence-corrected chi connectivity index (χ1v) is 13.4. The minimum Gasteiger partial charge on any atom is -0.497 e. The number of nitrogens with zero attached hydrogens (tertiary/aromatic N) is 2. The molecule has 0 spiro atoms. The zero-order valence-electron chi connectivity index (χ0n) is 21.2. The number of rotatable bonds is 10. The van der Waals surface area contributed by atoms with Crippen LogP contribution in [0, 0.1) is 0 Å². The molecule has 0 unspecified atom stereocenters. The van der Waals surface area contributed by atoms with Crippen molar-refractivity contribution in [2.24, 2.45) is 0 Å². The van der Waals surface area contributed by atoms with Crippen LogP contribution in [-0.2, 0) is 32.5 Å². The number of aryl methyl sites for hydroxylation is 1. The SMILES string of the molecule is C=c1/c(=C\C(=C/C)OC)c(CCC(=O)O)cn1S(=O)(=O)c1ccc(CNc2ccc3ncccc3c2)cc1. The molecular weight excluding hydrogens is 502 g/mol. The number of allylic oxidation sites excluding steroid dienone is 2. The minimum atomic E-state index is -3.97. The number of fused-ring (bicyclic) bond motifs is 1. The largest absolute Gasteiger partial charge is 0.497 e. The molecule has 0 saturated carbocycles. The Hall–Kier alpha value is -4.37. The van der Waals surface area contributed by atoms with Crippen molar-refractivity contribution >= 4 is 45.2 Å². The van der Waals surface area contributed by atoms with E-state index >= 15 is 0 Å². The molecule has 2 aromatic carbocycles. The number of methoxy groups -OCH3 is 1. The molecule has 2 heterocycles. The quantitative estimate of drug-likeness (QED) is 0.301. The van der Waals surface area contributed by atoms with E-state index in [0.717, 1.165) is 26.1 Å². The van der Waals surface area contributed by atoms with Gasteiger partial charge in [-0.15, -0.1) is 0 Å². The molecule has 9 heteroatoms. The van der Waals surface area contributed by atoms with Crippen LogP contribution in [0.15, 0.2) is 83.7 Å². The van der Waals surface area contributed by atoms with E-state index < -0.39 is 16.0 Å². The molecule has 0 atom stereocenters. The zero-order chi connectivity index (χ0) is 27.3. The van der Waals surface area contributed by atoms with Crippen molar-refractivity contribution in [2.75, 3.05) is 12.4 Å². The van der Waals surface area contributed by atoms with Gasteiger partial charge in [0.05, 0.1) is 22.9 Å². The van der Waals surface area contributed by atoms with E-state index in [2.05, 4.69) is 16.9 Å². The fourth-order valence-electron chi connectivity index (χ4n) is 4.11. The Balaban J connectivity index is 1.60. The summed E-state index contributed by atoms with van der Waals surface area (Å²) in [5.41, 5.74) is 3.32. The number of nitrogens with one attached hydrogen (secondary N) is 1. The lowest BCUT2D eigenvalue weighted by Crippen LogP contribution is -2.33. The molecule has 0 bridgehead atoms. The van der Waals surface area contributed by atoms with Crippen LogP contribution in [0.3, 0.4) is 0 Å². The summed E-state index contributed by atoms with van der Waals surface area (Å²) in [6, 6.07) is 16.4. The Morgan fingerprint density at radius 3 is 2.63 bits per heavy atom. The molecule has 2 N–H and O–H groups in total. The number of aromatic nitrogens is 2. The van der Waals surface area contributed by atoms with Gasteiger partial charge in [-0.2, -0.15) is 0 Å². The van der Waals surface area contributed by atoms with Crippen molar-refractivity contribution in [1.29, 1.82) is 0 Å². The smallest absolute Gasteiger partial charge is 0.303 e. The van der Waals surface area contributed by atoms with E-state index in [0.29, 0.717) is 23.1 Å². The second-order valence-corrected chi connectivity index (χ2v) is 10.5. The molecule has 8 nitrogen and oxygen atoms in total. The lowest BCUT2D eigenvalue weighted by molar-refractivity contribution is -0.136. The summed E-state index contributed by atoms with van der Waals surface area (Å²) in [5, 5.41) is 14.3. The van der Waals surface area contributed by atoms with Gasteiger partial charge in [-0.25, -0.2) is 12.4 Å². The van der Waals surface area contributed by atoms with E-state index in [9.17, 15) is 13.2 Å². The Kier molecular flexibility index (Phi) is 7.97. The molecule has 0 radical (unpaired) electrons. The highest BCUT2D eigenvalue weighted by Gasteiger charge is 2.20. The molecule has 0 amide bonds. The maximum atomic E-state index is 13.5. The van der Waals surface area contributed by atoms with Crippen LogP contribution in [0.25, 0.3) is 23.6 Å². The van der Waals surface area contributed by atoms with E-state index in [-0.39, 0.29) is 23.1 Å². The van der Waals surface area contributed by atoms with Gasteiger partial charge in [0.2, 0.25) is 0 Å². The number of carboxylic acids is 1. The fraction of sp³-hybridized carbons (Fsp3) is 0.172. The number of benzene rings is 2. The lowest BCUT2D eigenvalue weighted by Gasteiger charge is -2.10. The summed E-state index contributed by atoms with van der Waals surface area (Å²) in [5.74, 6) is -0.458. The molecule has 4 rings (SSSR count). The van der Waals surface area contributed by atoms with Gasteiger partial charge in [0.25, 0.3) is 10.0 Å². The Bertz CT molecular complexity index is 1720. The lowest BCUT2D eigenvalue weighted by atomic mass is 10.1. The summed E-state index contributed by atoms with van der Waals surface area (Å²) in [4.78, 5) is 15.6. The van der Waals surface area contributed by atoms with Crippen molar-refractivity contribution < 1.29 is 23.1 Å². The van der Waals surface area contributed by atoms with E-state index in [4.69, 9.17) is 9.84 Å². The molecule has 0 aliphatic carbocycles. The van der Waals surface area contributed by atoms with E-state index in [1.807, 2.05) is 30.3 Å². The van der Waals surface area contributed by atoms with Crippen LogP contribution in [0.5, 0.6) is 0 Å². The van der Waals surface area contributed by atoms with Crippen LogP contribution >= 0.6 is 0 Å². The molecule has 2 aromatic heterocycles. The van der Waals surface area contributed by atoms with Gasteiger partial charge in [0, 0.05) is 41.7 Å². The van der Waals surface area contributed by atoms with Crippen LogP contribution < -0.4 is 15.9 Å². The third-order valence-electron chi connectivity index (χ3n) is 6.19. The summed E-state index contributed by atoms with van der Waals surface area (Å²) in [6.07, 6.45) is 6.61.